The van der Waals surface area contributed by atoms with Crippen LogP contribution in [0.2, 0.25) is 0 Å². The lowest BCUT2D eigenvalue weighted by Crippen LogP contribution is -2.09. The Labute approximate surface area is 122 Å². The van der Waals surface area contributed by atoms with E-state index < -0.39 is 0 Å². The average Bonchev–Trinajstić information content (AvgIpc) is 3.03. The van der Waals surface area contributed by atoms with Crippen molar-refractivity contribution in [3.8, 4) is 0 Å². The van der Waals surface area contributed by atoms with E-state index in [0.717, 1.165) is 29.2 Å². The summed E-state index contributed by atoms with van der Waals surface area (Å²) < 4.78 is 4.13. The van der Waals surface area contributed by atoms with Crippen LogP contribution in [0.5, 0.6) is 0 Å². The molecule has 3 aromatic rings. The first kappa shape index (κ1) is 13.1. The first-order chi connectivity index (χ1) is 9.72. The monoisotopic (exact) mass is 289 g/mol. The van der Waals surface area contributed by atoms with Crippen LogP contribution in [0, 0.1) is 6.92 Å². The number of rotatable bonds is 4. The molecule has 0 bridgehead atoms. The fraction of sp³-hybridized carbons (Fsp3) is 0.357. The molecule has 0 radical (unpaired) electrons. The fourth-order valence-electron chi connectivity index (χ4n) is 2.38. The van der Waals surface area contributed by atoms with Crippen LogP contribution in [0.25, 0.3) is 11.0 Å². The summed E-state index contributed by atoms with van der Waals surface area (Å²) in [7, 11) is 0. The second-order valence-electron chi connectivity index (χ2n) is 4.77. The first-order valence-electron chi connectivity index (χ1n) is 6.61. The van der Waals surface area contributed by atoms with Crippen molar-refractivity contribution in [2.75, 3.05) is 0 Å². The Hall–Kier alpha value is -1.88. The smallest absolute Gasteiger partial charge is 0.152 e. The highest BCUT2D eigenvalue weighted by atomic mass is 35.5. The second kappa shape index (κ2) is 5.25. The van der Waals surface area contributed by atoms with Crippen LogP contribution in [-0.2, 0) is 19.0 Å². The molecule has 0 N–H and O–H groups in total. The van der Waals surface area contributed by atoms with Crippen LogP contribution in [-0.4, -0.2) is 24.3 Å². The van der Waals surface area contributed by atoms with Gasteiger partial charge in [0.25, 0.3) is 0 Å². The number of imidazole rings is 1. The van der Waals surface area contributed by atoms with Crippen LogP contribution >= 0.6 is 11.6 Å². The second-order valence-corrected chi connectivity index (χ2v) is 5.04. The SMILES string of the molecule is CCn1cnnc1Cn1c(CCl)nc2cc(C)ccc21. The van der Waals surface area contributed by atoms with E-state index in [9.17, 15) is 0 Å². The lowest BCUT2D eigenvalue weighted by Gasteiger charge is -2.08. The molecule has 6 heteroatoms. The molecule has 2 aromatic heterocycles. The summed E-state index contributed by atoms with van der Waals surface area (Å²) in [6, 6.07) is 6.25. The molecule has 20 heavy (non-hydrogen) atoms. The summed E-state index contributed by atoms with van der Waals surface area (Å²) in [4.78, 5) is 4.60. The molecule has 2 heterocycles. The molecule has 104 valence electrons. The van der Waals surface area contributed by atoms with Gasteiger partial charge in [0, 0.05) is 6.54 Å². The molecule has 0 amide bonds. The summed E-state index contributed by atoms with van der Waals surface area (Å²) in [6.45, 7) is 5.62. The minimum Gasteiger partial charge on any atom is -0.319 e. The predicted molar refractivity (Wildman–Crippen MR) is 78.8 cm³/mol. The standard InChI is InChI=1S/C14H16ClN5/c1-3-19-9-16-18-14(19)8-20-12-5-4-10(2)6-11(12)17-13(20)7-15/h4-6,9H,3,7-8H2,1-2H3. The Morgan fingerprint density at radius 1 is 1.25 bits per heavy atom. The topological polar surface area (TPSA) is 48.5 Å². The van der Waals surface area contributed by atoms with Crippen molar-refractivity contribution in [3.63, 3.8) is 0 Å². The van der Waals surface area contributed by atoms with Crippen molar-refractivity contribution in [2.45, 2.75) is 32.8 Å². The maximum Gasteiger partial charge on any atom is 0.152 e. The summed E-state index contributed by atoms with van der Waals surface area (Å²) in [6.07, 6.45) is 1.75. The van der Waals surface area contributed by atoms with Gasteiger partial charge in [-0.2, -0.15) is 0 Å². The highest BCUT2D eigenvalue weighted by Crippen LogP contribution is 2.20. The zero-order valence-electron chi connectivity index (χ0n) is 11.5. The molecule has 0 saturated heterocycles. The van der Waals surface area contributed by atoms with Crippen LogP contribution in [0.15, 0.2) is 24.5 Å². The Bertz CT molecular complexity index is 743. The quantitative estimate of drug-likeness (QED) is 0.694. The van der Waals surface area contributed by atoms with Crippen molar-refractivity contribution < 1.29 is 0 Å². The van der Waals surface area contributed by atoms with Gasteiger partial charge in [-0.25, -0.2) is 4.98 Å². The van der Waals surface area contributed by atoms with Crippen LogP contribution < -0.4 is 0 Å². The number of halogens is 1. The molecular weight excluding hydrogens is 274 g/mol. The maximum atomic E-state index is 6.03. The third-order valence-electron chi connectivity index (χ3n) is 3.44. The highest BCUT2D eigenvalue weighted by Gasteiger charge is 2.13. The Morgan fingerprint density at radius 3 is 2.85 bits per heavy atom. The molecule has 0 aliphatic heterocycles. The van der Waals surface area contributed by atoms with E-state index in [0.29, 0.717) is 12.4 Å². The van der Waals surface area contributed by atoms with E-state index in [2.05, 4.69) is 51.8 Å². The fourth-order valence-corrected chi connectivity index (χ4v) is 2.58. The molecule has 0 spiro atoms. The van der Waals surface area contributed by atoms with Gasteiger partial charge in [-0.05, 0) is 31.5 Å². The predicted octanol–water partition coefficient (Wildman–Crippen LogP) is 2.74. The van der Waals surface area contributed by atoms with E-state index in [1.165, 1.54) is 5.56 Å². The molecule has 0 atom stereocenters. The zero-order valence-corrected chi connectivity index (χ0v) is 12.3. The largest absolute Gasteiger partial charge is 0.319 e. The average molecular weight is 290 g/mol. The highest BCUT2D eigenvalue weighted by molar-refractivity contribution is 6.16. The summed E-state index contributed by atoms with van der Waals surface area (Å²) in [5.74, 6) is 2.16. The number of nitrogens with zero attached hydrogens (tertiary/aromatic N) is 5. The lowest BCUT2D eigenvalue weighted by molar-refractivity contribution is 0.648. The normalized spacial score (nSPS) is 11.3. The van der Waals surface area contributed by atoms with Crippen molar-refractivity contribution in [2.24, 2.45) is 0 Å². The van der Waals surface area contributed by atoms with Gasteiger partial charge in [0.15, 0.2) is 5.82 Å². The van der Waals surface area contributed by atoms with Gasteiger partial charge < -0.3 is 9.13 Å². The number of benzene rings is 1. The van der Waals surface area contributed by atoms with Gasteiger partial charge in [-0.3, -0.25) is 0 Å². The lowest BCUT2D eigenvalue weighted by atomic mass is 10.2. The molecule has 0 aliphatic carbocycles. The van der Waals surface area contributed by atoms with E-state index in [1.54, 1.807) is 6.33 Å². The van der Waals surface area contributed by atoms with E-state index >= 15 is 0 Å². The number of fused-ring (bicyclic) bond motifs is 1. The van der Waals surface area contributed by atoms with E-state index in [-0.39, 0.29) is 0 Å². The Morgan fingerprint density at radius 2 is 2.10 bits per heavy atom. The van der Waals surface area contributed by atoms with Gasteiger partial charge in [0.2, 0.25) is 0 Å². The zero-order chi connectivity index (χ0) is 14.1. The van der Waals surface area contributed by atoms with Crippen LogP contribution in [0.4, 0.5) is 0 Å². The molecule has 1 aromatic carbocycles. The number of aryl methyl sites for hydroxylation is 2. The number of alkyl halides is 1. The van der Waals surface area contributed by atoms with Gasteiger partial charge >= 0.3 is 0 Å². The van der Waals surface area contributed by atoms with Gasteiger partial charge in [0.05, 0.1) is 23.5 Å². The molecule has 0 saturated carbocycles. The van der Waals surface area contributed by atoms with Crippen LogP contribution in [0.3, 0.4) is 0 Å². The van der Waals surface area contributed by atoms with Gasteiger partial charge in [0.1, 0.15) is 12.2 Å². The van der Waals surface area contributed by atoms with Crippen molar-refractivity contribution in [3.05, 3.63) is 41.7 Å². The summed E-state index contributed by atoms with van der Waals surface area (Å²) >= 11 is 6.03. The summed E-state index contributed by atoms with van der Waals surface area (Å²) in [5, 5.41) is 8.15. The third kappa shape index (κ3) is 2.18. The Kier molecular flexibility index (Phi) is 3.44. The van der Waals surface area contributed by atoms with Crippen molar-refractivity contribution in [1.82, 2.24) is 24.3 Å². The molecule has 0 aliphatic rings. The first-order valence-corrected chi connectivity index (χ1v) is 7.14. The van der Waals surface area contributed by atoms with Gasteiger partial charge in [-0.1, -0.05) is 6.07 Å². The van der Waals surface area contributed by atoms with E-state index in [1.807, 2.05) is 4.57 Å². The number of hydrogen-bond acceptors (Lipinski definition) is 3. The van der Waals surface area contributed by atoms with Crippen molar-refractivity contribution in [1.29, 1.82) is 0 Å². The minimum atomic E-state index is 0.383. The molecule has 5 nitrogen and oxygen atoms in total. The third-order valence-corrected chi connectivity index (χ3v) is 3.68. The minimum absolute atomic E-state index is 0.383. The molecule has 0 unspecified atom stereocenters. The van der Waals surface area contributed by atoms with Gasteiger partial charge in [-0.15, -0.1) is 21.8 Å². The summed E-state index contributed by atoms with van der Waals surface area (Å²) in [5.41, 5.74) is 3.25. The van der Waals surface area contributed by atoms with E-state index in [4.69, 9.17) is 11.6 Å². The number of hydrogen-bond donors (Lipinski definition) is 0. The van der Waals surface area contributed by atoms with Crippen LogP contribution in [0.1, 0.15) is 24.1 Å². The van der Waals surface area contributed by atoms with Crippen molar-refractivity contribution >= 4 is 22.6 Å². The molecule has 3 rings (SSSR count). The maximum absolute atomic E-state index is 6.03. The Balaban J connectivity index is 2.10. The molecule has 0 fully saturated rings. The molecular formula is C14H16ClN5. The number of aromatic nitrogens is 5.